The van der Waals surface area contributed by atoms with E-state index in [2.05, 4.69) is 69.4 Å². The van der Waals surface area contributed by atoms with E-state index in [1.807, 2.05) is 0 Å². The summed E-state index contributed by atoms with van der Waals surface area (Å²) in [7, 11) is 0. The lowest BCUT2D eigenvalue weighted by Gasteiger charge is -2.14. The van der Waals surface area contributed by atoms with Gasteiger partial charge in [-0.05, 0) is 61.1 Å². The third-order valence-electron chi connectivity index (χ3n) is 4.34. The molecule has 0 spiro atoms. The SMILES string of the molecule is CCc1cccc(CC)c1NC(=O)CCSc1ccc(C)c(C)c1. The maximum Gasteiger partial charge on any atom is 0.225 e. The summed E-state index contributed by atoms with van der Waals surface area (Å²) < 4.78 is 0. The van der Waals surface area contributed by atoms with E-state index >= 15 is 0 Å². The van der Waals surface area contributed by atoms with Crippen molar-refractivity contribution in [1.82, 2.24) is 0 Å². The number of amides is 1. The number of hydrogen-bond acceptors (Lipinski definition) is 2. The van der Waals surface area contributed by atoms with Crippen molar-refractivity contribution in [3.63, 3.8) is 0 Å². The number of carbonyl (C=O) groups excluding carboxylic acids is 1. The molecular weight excluding hydrogens is 314 g/mol. The van der Waals surface area contributed by atoms with Crippen LogP contribution in [0.3, 0.4) is 0 Å². The molecule has 0 aliphatic carbocycles. The van der Waals surface area contributed by atoms with Crippen molar-refractivity contribution < 1.29 is 4.79 Å². The second-order valence-electron chi connectivity index (χ2n) is 6.05. The maximum atomic E-state index is 12.3. The summed E-state index contributed by atoms with van der Waals surface area (Å²) in [5, 5.41) is 3.14. The van der Waals surface area contributed by atoms with Crippen LogP contribution in [-0.2, 0) is 17.6 Å². The van der Waals surface area contributed by atoms with E-state index in [-0.39, 0.29) is 5.91 Å². The average molecular weight is 342 g/mol. The molecule has 0 saturated heterocycles. The van der Waals surface area contributed by atoms with Gasteiger partial charge in [-0.15, -0.1) is 11.8 Å². The Morgan fingerprint density at radius 2 is 1.67 bits per heavy atom. The van der Waals surface area contributed by atoms with E-state index in [1.165, 1.54) is 27.1 Å². The molecule has 0 saturated carbocycles. The molecule has 0 atom stereocenters. The predicted molar refractivity (Wildman–Crippen MR) is 105 cm³/mol. The van der Waals surface area contributed by atoms with Crippen molar-refractivity contribution in [2.45, 2.75) is 51.9 Å². The quantitative estimate of drug-likeness (QED) is 0.669. The van der Waals surface area contributed by atoms with Gasteiger partial charge in [-0.1, -0.05) is 38.1 Å². The van der Waals surface area contributed by atoms with Gasteiger partial charge in [-0.25, -0.2) is 0 Å². The molecule has 24 heavy (non-hydrogen) atoms. The standard InChI is InChI=1S/C21H27NOS/c1-5-17-8-7-9-18(6-2)21(17)22-20(23)12-13-24-19-11-10-15(3)16(4)14-19/h7-11,14H,5-6,12-13H2,1-4H3,(H,22,23). The highest BCUT2D eigenvalue weighted by atomic mass is 32.2. The van der Waals surface area contributed by atoms with Gasteiger partial charge in [0, 0.05) is 22.8 Å². The molecule has 2 aromatic rings. The molecule has 0 heterocycles. The minimum Gasteiger partial charge on any atom is -0.326 e. The van der Waals surface area contributed by atoms with Crippen LogP contribution >= 0.6 is 11.8 Å². The number of nitrogens with one attached hydrogen (secondary N) is 1. The molecule has 3 heteroatoms. The van der Waals surface area contributed by atoms with Crippen molar-refractivity contribution in [2.75, 3.05) is 11.1 Å². The minimum absolute atomic E-state index is 0.0990. The van der Waals surface area contributed by atoms with Gasteiger partial charge in [0.2, 0.25) is 5.91 Å². The first kappa shape index (κ1) is 18.6. The first-order valence-corrected chi connectivity index (χ1v) is 9.64. The normalized spacial score (nSPS) is 10.7. The van der Waals surface area contributed by atoms with Crippen LogP contribution in [0.4, 0.5) is 5.69 Å². The zero-order chi connectivity index (χ0) is 17.5. The molecule has 0 unspecified atom stereocenters. The summed E-state index contributed by atoms with van der Waals surface area (Å²) in [5.74, 6) is 0.895. The van der Waals surface area contributed by atoms with Crippen molar-refractivity contribution in [3.05, 3.63) is 58.7 Å². The van der Waals surface area contributed by atoms with Crippen molar-refractivity contribution in [2.24, 2.45) is 0 Å². The Labute approximate surface area is 150 Å². The van der Waals surface area contributed by atoms with Gasteiger partial charge < -0.3 is 5.32 Å². The van der Waals surface area contributed by atoms with Gasteiger partial charge in [0.25, 0.3) is 0 Å². The van der Waals surface area contributed by atoms with Gasteiger partial charge in [0.15, 0.2) is 0 Å². The topological polar surface area (TPSA) is 29.1 Å². The average Bonchev–Trinajstić information content (AvgIpc) is 2.58. The van der Waals surface area contributed by atoms with Crippen LogP contribution in [0.15, 0.2) is 41.3 Å². The highest BCUT2D eigenvalue weighted by Gasteiger charge is 2.10. The lowest BCUT2D eigenvalue weighted by molar-refractivity contribution is -0.115. The predicted octanol–water partition coefficient (Wildman–Crippen LogP) is 5.55. The third kappa shape index (κ3) is 4.88. The molecule has 128 valence electrons. The first-order chi connectivity index (χ1) is 11.5. The lowest BCUT2D eigenvalue weighted by atomic mass is 10.0. The Bertz CT molecular complexity index is 687. The van der Waals surface area contributed by atoms with Crippen LogP contribution in [0, 0.1) is 13.8 Å². The Kier molecular flexibility index (Phi) is 6.92. The molecule has 1 N–H and O–H groups in total. The van der Waals surface area contributed by atoms with Crippen molar-refractivity contribution >= 4 is 23.4 Å². The largest absolute Gasteiger partial charge is 0.326 e. The molecular formula is C21H27NOS. The van der Waals surface area contributed by atoms with Crippen molar-refractivity contribution in [3.8, 4) is 0 Å². The lowest BCUT2D eigenvalue weighted by Crippen LogP contribution is -2.15. The Morgan fingerprint density at radius 3 is 2.25 bits per heavy atom. The second-order valence-corrected chi connectivity index (χ2v) is 7.22. The zero-order valence-corrected chi connectivity index (χ0v) is 15.9. The number of thioether (sulfide) groups is 1. The summed E-state index contributed by atoms with van der Waals surface area (Å²) in [6.45, 7) is 8.49. The van der Waals surface area contributed by atoms with E-state index < -0.39 is 0 Å². The highest BCUT2D eigenvalue weighted by molar-refractivity contribution is 7.99. The number of hydrogen-bond donors (Lipinski definition) is 1. The number of anilines is 1. The fraction of sp³-hybridized carbons (Fsp3) is 0.381. The van der Waals surface area contributed by atoms with Crippen LogP contribution in [0.25, 0.3) is 0 Å². The first-order valence-electron chi connectivity index (χ1n) is 8.65. The van der Waals surface area contributed by atoms with Crippen LogP contribution in [0.2, 0.25) is 0 Å². The number of rotatable bonds is 7. The van der Waals surface area contributed by atoms with E-state index in [0.717, 1.165) is 24.3 Å². The molecule has 2 rings (SSSR count). The van der Waals surface area contributed by atoms with Gasteiger partial charge >= 0.3 is 0 Å². The molecule has 2 aromatic carbocycles. The van der Waals surface area contributed by atoms with Crippen molar-refractivity contribution in [1.29, 1.82) is 0 Å². The molecule has 0 fully saturated rings. The molecule has 0 aliphatic heterocycles. The fourth-order valence-electron chi connectivity index (χ4n) is 2.67. The van der Waals surface area contributed by atoms with Gasteiger partial charge in [-0.2, -0.15) is 0 Å². The van der Waals surface area contributed by atoms with Gasteiger partial charge in [-0.3, -0.25) is 4.79 Å². The summed E-state index contributed by atoms with van der Waals surface area (Å²) >= 11 is 1.74. The summed E-state index contributed by atoms with van der Waals surface area (Å²) in [5.41, 5.74) is 6.05. The number of aryl methyl sites for hydroxylation is 4. The minimum atomic E-state index is 0.0990. The molecule has 0 aliphatic rings. The van der Waals surface area contributed by atoms with Gasteiger partial charge in [0.1, 0.15) is 0 Å². The Hall–Kier alpha value is -1.74. The maximum absolute atomic E-state index is 12.3. The summed E-state index contributed by atoms with van der Waals surface area (Å²) in [6, 6.07) is 12.7. The van der Waals surface area contributed by atoms with Crippen LogP contribution in [0.1, 0.15) is 42.5 Å². The zero-order valence-electron chi connectivity index (χ0n) is 15.1. The third-order valence-corrected chi connectivity index (χ3v) is 5.34. The molecule has 0 aromatic heterocycles. The molecule has 2 nitrogen and oxygen atoms in total. The number of para-hydroxylation sites is 1. The smallest absolute Gasteiger partial charge is 0.225 e. The van der Waals surface area contributed by atoms with E-state index in [1.54, 1.807) is 11.8 Å². The monoisotopic (exact) mass is 341 g/mol. The second kappa shape index (κ2) is 8.93. The molecule has 1 amide bonds. The van der Waals surface area contributed by atoms with Crippen LogP contribution in [0.5, 0.6) is 0 Å². The highest BCUT2D eigenvalue weighted by Crippen LogP contribution is 2.24. The van der Waals surface area contributed by atoms with E-state index in [0.29, 0.717) is 6.42 Å². The summed E-state index contributed by atoms with van der Waals surface area (Å²) in [4.78, 5) is 13.6. The fourth-order valence-corrected chi connectivity index (χ4v) is 3.62. The van der Waals surface area contributed by atoms with Crippen LogP contribution < -0.4 is 5.32 Å². The number of carbonyl (C=O) groups is 1. The van der Waals surface area contributed by atoms with E-state index in [4.69, 9.17) is 0 Å². The Balaban J connectivity index is 1.93. The molecule has 0 radical (unpaired) electrons. The van der Waals surface area contributed by atoms with Gasteiger partial charge in [0.05, 0.1) is 0 Å². The Morgan fingerprint density at radius 1 is 1.00 bits per heavy atom. The van der Waals surface area contributed by atoms with E-state index in [9.17, 15) is 4.79 Å². The molecule has 0 bridgehead atoms. The number of benzene rings is 2. The summed E-state index contributed by atoms with van der Waals surface area (Å²) in [6.07, 6.45) is 2.39. The van der Waals surface area contributed by atoms with Crippen LogP contribution in [-0.4, -0.2) is 11.7 Å².